The Balaban J connectivity index is 1.72. The lowest BCUT2D eigenvalue weighted by Gasteiger charge is -2.39. The quantitative estimate of drug-likeness (QED) is 0.810. The summed E-state index contributed by atoms with van der Waals surface area (Å²) in [5, 5.41) is 3.63. The highest BCUT2D eigenvalue weighted by atomic mass is 15.1. The van der Waals surface area contributed by atoms with Gasteiger partial charge in [0.2, 0.25) is 0 Å². The van der Waals surface area contributed by atoms with Gasteiger partial charge in [-0.3, -0.25) is 0 Å². The number of rotatable bonds is 4. The zero-order valence-electron chi connectivity index (χ0n) is 11.8. The van der Waals surface area contributed by atoms with Crippen molar-refractivity contribution in [3.63, 3.8) is 0 Å². The summed E-state index contributed by atoms with van der Waals surface area (Å²) < 4.78 is 0. The molecule has 1 saturated carbocycles. The van der Waals surface area contributed by atoms with Crippen LogP contribution in [-0.2, 0) is 0 Å². The highest BCUT2D eigenvalue weighted by Gasteiger charge is 2.26. The predicted octanol–water partition coefficient (Wildman–Crippen LogP) is 2.89. The maximum atomic E-state index is 3.63. The Labute approximate surface area is 107 Å². The van der Waals surface area contributed by atoms with Gasteiger partial charge in [-0.25, -0.2) is 0 Å². The van der Waals surface area contributed by atoms with Gasteiger partial charge in [-0.15, -0.1) is 0 Å². The lowest BCUT2D eigenvalue weighted by atomic mass is 9.87. The second-order valence-corrected chi connectivity index (χ2v) is 6.19. The molecule has 0 aromatic heterocycles. The lowest BCUT2D eigenvalue weighted by Crippen LogP contribution is -2.49. The van der Waals surface area contributed by atoms with Crippen LogP contribution < -0.4 is 5.32 Å². The first-order valence-corrected chi connectivity index (χ1v) is 7.75. The number of nitrogens with zero attached hydrogens (tertiary/aromatic N) is 1. The van der Waals surface area contributed by atoms with Crippen molar-refractivity contribution in [3.8, 4) is 0 Å². The van der Waals surface area contributed by atoms with E-state index in [1.54, 1.807) is 0 Å². The van der Waals surface area contributed by atoms with Gasteiger partial charge in [0.25, 0.3) is 0 Å². The molecule has 1 aliphatic carbocycles. The molecular formula is C15H30N2. The molecule has 0 amide bonds. The second kappa shape index (κ2) is 6.75. The number of nitrogens with one attached hydrogen (secondary N) is 1. The molecule has 1 heterocycles. The molecular weight excluding hydrogens is 208 g/mol. The molecule has 2 atom stereocenters. The van der Waals surface area contributed by atoms with E-state index < -0.39 is 0 Å². The topological polar surface area (TPSA) is 15.3 Å². The molecule has 0 radical (unpaired) electrons. The largest absolute Gasteiger partial charge is 0.314 e. The molecule has 0 bridgehead atoms. The Morgan fingerprint density at radius 2 is 1.88 bits per heavy atom. The van der Waals surface area contributed by atoms with Crippen molar-refractivity contribution in [2.75, 3.05) is 26.2 Å². The third kappa shape index (κ3) is 3.96. The maximum Gasteiger partial charge on any atom is 0.0117 e. The summed E-state index contributed by atoms with van der Waals surface area (Å²) in [6.07, 6.45) is 8.77. The van der Waals surface area contributed by atoms with E-state index in [4.69, 9.17) is 0 Å². The van der Waals surface area contributed by atoms with Crippen molar-refractivity contribution in [1.29, 1.82) is 0 Å². The molecule has 1 N–H and O–H groups in total. The van der Waals surface area contributed by atoms with Crippen LogP contribution in [0.1, 0.15) is 52.4 Å². The number of hydrogen-bond donors (Lipinski definition) is 1. The summed E-state index contributed by atoms with van der Waals surface area (Å²) in [5.74, 6) is 1.83. The predicted molar refractivity (Wildman–Crippen MR) is 74.3 cm³/mol. The molecule has 2 heteroatoms. The van der Waals surface area contributed by atoms with Crippen LogP contribution in [-0.4, -0.2) is 37.1 Å². The molecule has 2 nitrogen and oxygen atoms in total. The molecule has 0 spiro atoms. The van der Waals surface area contributed by atoms with Crippen molar-refractivity contribution < 1.29 is 0 Å². The van der Waals surface area contributed by atoms with E-state index in [9.17, 15) is 0 Å². The average Bonchev–Trinajstić information content (AvgIpc) is 2.34. The van der Waals surface area contributed by atoms with Crippen LogP contribution in [0.5, 0.6) is 0 Å². The van der Waals surface area contributed by atoms with E-state index in [-0.39, 0.29) is 0 Å². The minimum Gasteiger partial charge on any atom is -0.314 e. The van der Waals surface area contributed by atoms with Gasteiger partial charge in [0.1, 0.15) is 0 Å². The Morgan fingerprint density at radius 3 is 2.53 bits per heavy atom. The fraction of sp³-hybridized carbons (Fsp3) is 1.00. The van der Waals surface area contributed by atoms with Crippen molar-refractivity contribution in [2.45, 2.75) is 58.4 Å². The van der Waals surface area contributed by atoms with E-state index in [2.05, 4.69) is 24.1 Å². The molecule has 2 rings (SSSR count). The van der Waals surface area contributed by atoms with E-state index in [0.717, 1.165) is 24.4 Å². The van der Waals surface area contributed by atoms with E-state index in [1.165, 1.54) is 58.2 Å². The summed E-state index contributed by atoms with van der Waals surface area (Å²) in [7, 11) is 0. The summed E-state index contributed by atoms with van der Waals surface area (Å²) in [4.78, 5) is 2.73. The number of likely N-dealkylation sites (tertiary alicyclic amines) is 1. The summed E-state index contributed by atoms with van der Waals surface area (Å²) in [5.41, 5.74) is 0. The second-order valence-electron chi connectivity index (χ2n) is 6.19. The van der Waals surface area contributed by atoms with Crippen LogP contribution in [0.15, 0.2) is 0 Å². The highest BCUT2D eigenvalue weighted by molar-refractivity contribution is 4.83. The number of piperidine rings is 1. The minimum absolute atomic E-state index is 0.766. The monoisotopic (exact) mass is 238 g/mol. The van der Waals surface area contributed by atoms with Gasteiger partial charge >= 0.3 is 0 Å². The smallest absolute Gasteiger partial charge is 0.0117 e. The molecule has 0 aromatic rings. The first-order valence-electron chi connectivity index (χ1n) is 7.75. The maximum absolute atomic E-state index is 3.63. The zero-order valence-corrected chi connectivity index (χ0v) is 11.8. The Morgan fingerprint density at radius 1 is 1.12 bits per heavy atom. The minimum atomic E-state index is 0.766. The van der Waals surface area contributed by atoms with Crippen LogP contribution in [0.3, 0.4) is 0 Å². The third-order valence-electron chi connectivity index (χ3n) is 4.70. The average molecular weight is 238 g/mol. The zero-order chi connectivity index (χ0) is 12.1. The van der Waals surface area contributed by atoms with Crippen LogP contribution in [0.2, 0.25) is 0 Å². The SMILES string of the molecule is CCNC1CCN(CC2CCCCC2)CC1C. The van der Waals surface area contributed by atoms with Crippen LogP contribution in [0.25, 0.3) is 0 Å². The van der Waals surface area contributed by atoms with Crippen LogP contribution >= 0.6 is 0 Å². The van der Waals surface area contributed by atoms with Crippen molar-refractivity contribution in [1.82, 2.24) is 10.2 Å². The molecule has 1 aliphatic heterocycles. The van der Waals surface area contributed by atoms with Gasteiger partial charge in [-0.2, -0.15) is 0 Å². The van der Waals surface area contributed by atoms with Crippen LogP contribution in [0.4, 0.5) is 0 Å². The Hall–Kier alpha value is -0.0800. The van der Waals surface area contributed by atoms with Gasteiger partial charge < -0.3 is 10.2 Å². The first-order chi connectivity index (χ1) is 8.29. The van der Waals surface area contributed by atoms with Gasteiger partial charge in [-0.05, 0) is 44.2 Å². The Kier molecular flexibility index (Phi) is 5.30. The standard InChI is InChI=1S/C15H30N2/c1-3-16-15-9-10-17(11-13(15)2)12-14-7-5-4-6-8-14/h13-16H,3-12H2,1-2H3. The van der Waals surface area contributed by atoms with Crippen molar-refractivity contribution in [3.05, 3.63) is 0 Å². The van der Waals surface area contributed by atoms with E-state index in [0.29, 0.717) is 0 Å². The molecule has 2 unspecified atom stereocenters. The molecule has 1 saturated heterocycles. The fourth-order valence-electron chi connectivity index (χ4n) is 3.70. The van der Waals surface area contributed by atoms with Gasteiger partial charge in [0.05, 0.1) is 0 Å². The lowest BCUT2D eigenvalue weighted by molar-refractivity contribution is 0.119. The van der Waals surface area contributed by atoms with Gasteiger partial charge in [0, 0.05) is 19.1 Å². The number of hydrogen-bond acceptors (Lipinski definition) is 2. The third-order valence-corrected chi connectivity index (χ3v) is 4.70. The molecule has 100 valence electrons. The molecule has 2 aliphatic rings. The van der Waals surface area contributed by atoms with Crippen LogP contribution in [0, 0.1) is 11.8 Å². The van der Waals surface area contributed by atoms with Gasteiger partial charge in [0.15, 0.2) is 0 Å². The summed E-state index contributed by atoms with van der Waals surface area (Å²) in [6.45, 7) is 9.77. The normalized spacial score (nSPS) is 32.8. The Bertz CT molecular complexity index is 211. The van der Waals surface area contributed by atoms with E-state index >= 15 is 0 Å². The van der Waals surface area contributed by atoms with E-state index in [1.807, 2.05) is 0 Å². The first kappa shape index (κ1) is 13.4. The molecule has 2 fully saturated rings. The summed E-state index contributed by atoms with van der Waals surface area (Å²) >= 11 is 0. The fourth-order valence-corrected chi connectivity index (χ4v) is 3.70. The summed E-state index contributed by atoms with van der Waals surface area (Å²) in [6, 6.07) is 0.766. The van der Waals surface area contributed by atoms with Crippen molar-refractivity contribution in [2.24, 2.45) is 11.8 Å². The molecule has 0 aromatic carbocycles. The molecule has 17 heavy (non-hydrogen) atoms. The van der Waals surface area contributed by atoms with Crippen molar-refractivity contribution >= 4 is 0 Å². The van der Waals surface area contributed by atoms with Gasteiger partial charge in [-0.1, -0.05) is 33.1 Å². The highest BCUT2D eigenvalue weighted by Crippen LogP contribution is 2.26.